The van der Waals surface area contributed by atoms with Crippen LogP contribution in [0.4, 0.5) is 0 Å². The molecular formula is C22H31IN4OS. The fourth-order valence-corrected chi connectivity index (χ4v) is 4.75. The molecule has 0 bridgehead atoms. The van der Waals surface area contributed by atoms with Gasteiger partial charge in [-0.25, -0.2) is 0 Å². The van der Waals surface area contributed by atoms with Crippen LogP contribution in [-0.2, 0) is 25.8 Å². The fourth-order valence-electron chi connectivity index (χ4n) is 3.86. The van der Waals surface area contributed by atoms with Crippen LogP contribution in [-0.4, -0.2) is 50.2 Å². The molecule has 0 saturated carbocycles. The van der Waals surface area contributed by atoms with Gasteiger partial charge in [0.15, 0.2) is 5.96 Å². The lowest BCUT2D eigenvalue weighted by Crippen LogP contribution is -2.39. The van der Waals surface area contributed by atoms with E-state index < -0.39 is 0 Å². The van der Waals surface area contributed by atoms with Gasteiger partial charge in [0, 0.05) is 44.0 Å². The summed E-state index contributed by atoms with van der Waals surface area (Å²) in [4.78, 5) is 8.85. The van der Waals surface area contributed by atoms with Crippen molar-refractivity contribution in [2.45, 2.75) is 32.7 Å². The third-order valence-electron chi connectivity index (χ3n) is 5.38. The summed E-state index contributed by atoms with van der Waals surface area (Å²) in [7, 11) is 0. The number of hydrogen-bond acceptors (Lipinski definition) is 4. The number of guanidine groups is 1. The van der Waals surface area contributed by atoms with Crippen LogP contribution in [0.25, 0.3) is 0 Å². The molecule has 0 spiro atoms. The normalized spacial score (nSPS) is 15.8. The smallest absolute Gasteiger partial charge is 0.191 e. The van der Waals surface area contributed by atoms with Gasteiger partial charge in [-0.3, -0.25) is 9.89 Å². The Kier molecular flexibility index (Phi) is 8.62. The Hall–Kier alpha value is -1.32. The number of halogens is 1. The van der Waals surface area contributed by atoms with Crippen molar-refractivity contribution >= 4 is 41.3 Å². The number of nitrogens with one attached hydrogen (secondary N) is 2. The van der Waals surface area contributed by atoms with Crippen LogP contribution >= 0.6 is 35.3 Å². The zero-order valence-corrected chi connectivity index (χ0v) is 20.2. The van der Waals surface area contributed by atoms with Crippen LogP contribution in [0.3, 0.4) is 0 Å². The van der Waals surface area contributed by atoms with Crippen LogP contribution in [0.1, 0.15) is 28.5 Å². The zero-order valence-electron chi connectivity index (χ0n) is 17.1. The standard InChI is InChI=1S/C22H30N4OS.HI/c1-2-23-22(24-9-5-17-3-4-20-18(15-17)7-13-27-20)25-10-12-26-11-6-21-19(16-26)8-14-28-21;/h3-4,8,14-15H,2,5-7,9-13,16H2,1H3,(H2,23,24,25);1H. The van der Waals surface area contributed by atoms with E-state index in [0.29, 0.717) is 0 Å². The second-order valence-corrected chi connectivity index (χ2v) is 8.37. The molecule has 0 aliphatic carbocycles. The van der Waals surface area contributed by atoms with Crippen LogP contribution < -0.4 is 15.4 Å². The lowest BCUT2D eigenvalue weighted by molar-refractivity contribution is 0.263. The average molecular weight is 526 g/mol. The summed E-state index contributed by atoms with van der Waals surface area (Å²) in [5.41, 5.74) is 4.20. The van der Waals surface area contributed by atoms with Gasteiger partial charge in [-0.1, -0.05) is 12.1 Å². The molecule has 2 aromatic rings. The molecule has 1 aromatic heterocycles. The molecule has 0 saturated heterocycles. The molecule has 0 atom stereocenters. The second kappa shape index (κ2) is 11.2. The lowest BCUT2D eigenvalue weighted by Gasteiger charge is -2.26. The molecule has 5 nitrogen and oxygen atoms in total. The highest BCUT2D eigenvalue weighted by Crippen LogP contribution is 2.26. The Bertz CT molecular complexity index is 823. The molecule has 0 amide bonds. The van der Waals surface area contributed by atoms with Gasteiger partial charge in [0.25, 0.3) is 0 Å². The van der Waals surface area contributed by atoms with Crippen molar-refractivity contribution in [2.75, 3.05) is 39.3 Å². The minimum atomic E-state index is 0. The van der Waals surface area contributed by atoms with Gasteiger partial charge in [0.1, 0.15) is 5.75 Å². The molecule has 158 valence electrons. The number of fused-ring (bicyclic) bond motifs is 2. The van der Waals surface area contributed by atoms with Crippen molar-refractivity contribution < 1.29 is 4.74 Å². The van der Waals surface area contributed by atoms with E-state index >= 15 is 0 Å². The summed E-state index contributed by atoms with van der Waals surface area (Å²) in [6.45, 7) is 8.74. The fraction of sp³-hybridized carbons (Fsp3) is 0.500. The minimum absolute atomic E-state index is 0. The summed E-state index contributed by atoms with van der Waals surface area (Å²) >= 11 is 1.90. The number of benzene rings is 1. The van der Waals surface area contributed by atoms with E-state index in [2.05, 4.69) is 52.1 Å². The molecule has 1 aromatic carbocycles. The van der Waals surface area contributed by atoms with E-state index in [1.807, 2.05) is 11.3 Å². The predicted octanol–water partition coefficient (Wildman–Crippen LogP) is 3.46. The molecule has 2 aliphatic heterocycles. The Labute approximate surface area is 195 Å². The van der Waals surface area contributed by atoms with E-state index in [1.54, 1.807) is 4.88 Å². The van der Waals surface area contributed by atoms with Crippen molar-refractivity contribution in [3.05, 3.63) is 51.2 Å². The summed E-state index contributed by atoms with van der Waals surface area (Å²) < 4.78 is 5.59. The molecule has 2 N–H and O–H groups in total. The molecular weight excluding hydrogens is 495 g/mol. The van der Waals surface area contributed by atoms with Crippen molar-refractivity contribution in [2.24, 2.45) is 4.99 Å². The van der Waals surface area contributed by atoms with Gasteiger partial charge in [-0.05, 0) is 54.0 Å². The number of nitrogens with zero attached hydrogens (tertiary/aromatic N) is 2. The zero-order chi connectivity index (χ0) is 19.2. The first-order valence-corrected chi connectivity index (χ1v) is 11.2. The largest absolute Gasteiger partial charge is 0.493 e. The van der Waals surface area contributed by atoms with Gasteiger partial charge in [-0.15, -0.1) is 35.3 Å². The molecule has 2 aliphatic rings. The van der Waals surface area contributed by atoms with E-state index in [1.165, 1.54) is 23.1 Å². The van der Waals surface area contributed by atoms with Crippen LogP contribution in [0.15, 0.2) is 34.6 Å². The first kappa shape index (κ1) is 22.4. The van der Waals surface area contributed by atoms with E-state index in [4.69, 9.17) is 9.73 Å². The first-order valence-electron chi connectivity index (χ1n) is 10.4. The predicted molar refractivity (Wildman–Crippen MR) is 132 cm³/mol. The summed E-state index contributed by atoms with van der Waals surface area (Å²) in [6.07, 6.45) is 3.20. The third-order valence-corrected chi connectivity index (χ3v) is 6.40. The Morgan fingerprint density at radius 2 is 2.14 bits per heavy atom. The maximum atomic E-state index is 5.59. The second-order valence-electron chi connectivity index (χ2n) is 7.37. The minimum Gasteiger partial charge on any atom is -0.493 e. The highest BCUT2D eigenvalue weighted by molar-refractivity contribution is 14.0. The quantitative estimate of drug-likeness (QED) is 0.330. The summed E-state index contributed by atoms with van der Waals surface area (Å²) in [5, 5.41) is 9.05. The average Bonchev–Trinajstić information content (AvgIpc) is 3.36. The Morgan fingerprint density at radius 1 is 1.21 bits per heavy atom. The van der Waals surface area contributed by atoms with Gasteiger partial charge >= 0.3 is 0 Å². The molecule has 7 heteroatoms. The molecule has 3 heterocycles. The lowest BCUT2D eigenvalue weighted by atomic mass is 10.1. The van der Waals surface area contributed by atoms with E-state index in [-0.39, 0.29) is 24.0 Å². The molecule has 29 heavy (non-hydrogen) atoms. The van der Waals surface area contributed by atoms with Crippen LogP contribution in [0.2, 0.25) is 0 Å². The highest BCUT2D eigenvalue weighted by Gasteiger charge is 2.16. The number of ether oxygens (including phenoxy) is 1. The topological polar surface area (TPSA) is 48.9 Å². The number of hydrogen-bond donors (Lipinski definition) is 2. The van der Waals surface area contributed by atoms with Gasteiger partial charge in [0.2, 0.25) is 0 Å². The number of thiophene rings is 1. The van der Waals surface area contributed by atoms with Crippen molar-refractivity contribution in [3.63, 3.8) is 0 Å². The Balaban J connectivity index is 0.00000240. The molecule has 0 radical (unpaired) electrons. The maximum absolute atomic E-state index is 5.59. The summed E-state index contributed by atoms with van der Waals surface area (Å²) in [6, 6.07) is 8.83. The first-order chi connectivity index (χ1) is 13.8. The molecule has 4 rings (SSSR count). The van der Waals surface area contributed by atoms with Crippen LogP contribution in [0.5, 0.6) is 5.75 Å². The van der Waals surface area contributed by atoms with Gasteiger partial charge in [0.05, 0.1) is 13.2 Å². The maximum Gasteiger partial charge on any atom is 0.191 e. The van der Waals surface area contributed by atoms with E-state index in [0.717, 1.165) is 70.4 Å². The number of rotatable bonds is 7. The Morgan fingerprint density at radius 3 is 3.03 bits per heavy atom. The summed E-state index contributed by atoms with van der Waals surface area (Å²) in [5.74, 6) is 1.97. The monoisotopic (exact) mass is 526 g/mol. The third kappa shape index (κ3) is 6.08. The van der Waals surface area contributed by atoms with Crippen LogP contribution in [0, 0.1) is 0 Å². The van der Waals surface area contributed by atoms with Gasteiger partial charge in [-0.2, -0.15) is 0 Å². The SMILES string of the molecule is CCNC(=NCCN1CCc2sccc2C1)NCCc1ccc2c(c1)CCO2.I. The van der Waals surface area contributed by atoms with Crippen molar-refractivity contribution in [1.82, 2.24) is 15.5 Å². The highest BCUT2D eigenvalue weighted by atomic mass is 127. The van der Waals surface area contributed by atoms with E-state index in [9.17, 15) is 0 Å². The molecule has 0 unspecified atom stereocenters. The van der Waals surface area contributed by atoms with Gasteiger partial charge < -0.3 is 15.4 Å². The molecule has 0 fully saturated rings. The van der Waals surface area contributed by atoms with Crippen molar-refractivity contribution in [1.29, 1.82) is 0 Å². The van der Waals surface area contributed by atoms with Crippen molar-refractivity contribution in [3.8, 4) is 5.75 Å². The number of aliphatic imine (C=N–C) groups is 1.